The van der Waals surface area contributed by atoms with Gasteiger partial charge in [-0.15, -0.1) is 11.8 Å². The number of thioether (sulfide) groups is 1. The second kappa shape index (κ2) is 10.5. The van der Waals surface area contributed by atoms with Gasteiger partial charge in [0.25, 0.3) is 5.91 Å². The lowest BCUT2D eigenvalue weighted by atomic mass is 10.1. The number of carbonyl (C=O) groups excluding carboxylic acids is 2. The average Bonchev–Trinajstić information content (AvgIpc) is 3.07. The van der Waals surface area contributed by atoms with Crippen molar-refractivity contribution < 1.29 is 19.1 Å². The fraction of sp³-hybridized carbons (Fsp3) is 0.417. The van der Waals surface area contributed by atoms with Crippen LogP contribution in [0.1, 0.15) is 42.1 Å². The number of halogens is 1. The number of hydrogen-bond donors (Lipinski definition) is 0. The summed E-state index contributed by atoms with van der Waals surface area (Å²) >= 11 is 7.83. The van der Waals surface area contributed by atoms with Crippen LogP contribution in [0.25, 0.3) is 0 Å². The summed E-state index contributed by atoms with van der Waals surface area (Å²) in [4.78, 5) is 29.8. The van der Waals surface area contributed by atoms with Crippen LogP contribution in [0.5, 0.6) is 11.5 Å². The van der Waals surface area contributed by atoms with Crippen molar-refractivity contribution in [3.8, 4) is 11.5 Å². The van der Waals surface area contributed by atoms with E-state index in [0.29, 0.717) is 35.2 Å². The van der Waals surface area contributed by atoms with Crippen LogP contribution < -0.4 is 9.47 Å². The summed E-state index contributed by atoms with van der Waals surface area (Å²) in [6, 6.07) is 12.6. The Balaban J connectivity index is 1.86. The van der Waals surface area contributed by atoms with Crippen molar-refractivity contribution in [2.75, 3.05) is 27.3 Å². The van der Waals surface area contributed by atoms with E-state index in [4.69, 9.17) is 21.1 Å². The molecule has 0 unspecified atom stereocenters. The first-order chi connectivity index (χ1) is 15.3. The van der Waals surface area contributed by atoms with E-state index in [2.05, 4.69) is 0 Å². The zero-order valence-corrected chi connectivity index (χ0v) is 20.6. The highest BCUT2D eigenvalue weighted by Crippen LogP contribution is 2.46. The van der Waals surface area contributed by atoms with Crippen molar-refractivity contribution in [1.82, 2.24) is 9.80 Å². The maximum Gasteiger partial charge on any atom is 0.255 e. The van der Waals surface area contributed by atoms with Gasteiger partial charge < -0.3 is 19.3 Å². The Morgan fingerprint density at radius 3 is 2.53 bits per heavy atom. The molecule has 172 valence electrons. The van der Waals surface area contributed by atoms with Gasteiger partial charge in [0.1, 0.15) is 16.9 Å². The Hall–Kier alpha value is -2.38. The predicted octanol–water partition coefficient (Wildman–Crippen LogP) is 4.87. The molecular weight excluding hydrogens is 448 g/mol. The first kappa shape index (κ1) is 24.3. The molecule has 0 aliphatic carbocycles. The van der Waals surface area contributed by atoms with Crippen LogP contribution in [0, 0.1) is 0 Å². The minimum atomic E-state index is -0.230. The molecule has 0 aromatic heterocycles. The number of methoxy groups -OCH3 is 2. The molecule has 6 nitrogen and oxygen atoms in total. The largest absolute Gasteiger partial charge is 0.497 e. The van der Waals surface area contributed by atoms with Crippen LogP contribution in [0.15, 0.2) is 42.5 Å². The molecule has 1 saturated heterocycles. The molecule has 1 aliphatic heterocycles. The number of amides is 2. The quantitative estimate of drug-likeness (QED) is 0.544. The van der Waals surface area contributed by atoms with Crippen molar-refractivity contribution in [3.05, 3.63) is 58.6 Å². The highest BCUT2D eigenvalue weighted by molar-refractivity contribution is 8.01. The normalized spacial score (nSPS) is 18.2. The van der Waals surface area contributed by atoms with Crippen molar-refractivity contribution in [3.63, 3.8) is 0 Å². The third kappa shape index (κ3) is 4.99. The molecule has 0 saturated carbocycles. The van der Waals surface area contributed by atoms with Crippen molar-refractivity contribution in [1.29, 1.82) is 0 Å². The average molecular weight is 477 g/mol. The third-order valence-electron chi connectivity index (χ3n) is 5.52. The van der Waals surface area contributed by atoms with Crippen LogP contribution in [0.3, 0.4) is 0 Å². The summed E-state index contributed by atoms with van der Waals surface area (Å²) in [5.41, 5.74) is 1.34. The maximum absolute atomic E-state index is 13.2. The molecule has 2 amide bonds. The zero-order chi connectivity index (χ0) is 23.4. The Morgan fingerprint density at radius 1 is 1.19 bits per heavy atom. The lowest BCUT2D eigenvalue weighted by molar-refractivity contribution is -0.130. The molecule has 8 heteroatoms. The van der Waals surface area contributed by atoms with Gasteiger partial charge in [0.2, 0.25) is 5.91 Å². The molecule has 0 spiro atoms. The van der Waals surface area contributed by atoms with Gasteiger partial charge in [-0.05, 0) is 51.1 Å². The molecule has 0 N–H and O–H groups in total. The van der Waals surface area contributed by atoms with Crippen LogP contribution in [0.2, 0.25) is 5.02 Å². The smallest absolute Gasteiger partial charge is 0.255 e. The number of nitrogens with zero attached hydrogens (tertiary/aromatic N) is 2. The van der Waals surface area contributed by atoms with Crippen LogP contribution in [-0.4, -0.2) is 60.2 Å². The zero-order valence-electron chi connectivity index (χ0n) is 19.0. The third-order valence-corrected chi connectivity index (χ3v) is 7.23. The summed E-state index contributed by atoms with van der Waals surface area (Å²) in [7, 11) is 3.23. The molecule has 0 radical (unpaired) electrons. The number of carbonyl (C=O) groups is 2. The van der Waals surface area contributed by atoms with Gasteiger partial charge in [-0.3, -0.25) is 9.59 Å². The van der Waals surface area contributed by atoms with Gasteiger partial charge in [-0.2, -0.15) is 0 Å². The molecule has 1 fully saturated rings. The molecule has 1 aliphatic rings. The number of ether oxygens (including phenoxy) is 2. The van der Waals surface area contributed by atoms with E-state index in [1.54, 1.807) is 55.1 Å². The SMILES string of the molecule is COc1ccc(OC)c([C@@H]2S[C@H](C)C(=O)N2CCN(C(=O)c2ccccc2Cl)C(C)C)c1. The topological polar surface area (TPSA) is 59.1 Å². The highest BCUT2D eigenvalue weighted by atomic mass is 35.5. The number of rotatable bonds is 8. The summed E-state index contributed by atoms with van der Waals surface area (Å²) < 4.78 is 11.0. The van der Waals surface area contributed by atoms with Gasteiger partial charge in [0.15, 0.2) is 0 Å². The molecule has 1 heterocycles. The van der Waals surface area contributed by atoms with E-state index in [9.17, 15) is 9.59 Å². The van der Waals surface area contributed by atoms with E-state index >= 15 is 0 Å². The summed E-state index contributed by atoms with van der Waals surface area (Å²) in [5.74, 6) is 1.29. The van der Waals surface area contributed by atoms with E-state index in [0.717, 1.165) is 5.56 Å². The standard InChI is InChI=1S/C24H29ClN2O4S/c1-15(2)26(23(29)18-8-6-7-9-20(18)25)12-13-27-22(28)16(3)32-24(27)19-14-17(30-4)10-11-21(19)31-5/h6-11,14-16,24H,12-13H2,1-5H3/t16-,24+/m1/s1. The lowest BCUT2D eigenvalue weighted by Crippen LogP contribution is -2.44. The van der Waals surface area contributed by atoms with Gasteiger partial charge >= 0.3 is 0 Å². The molecule has 0 bridgehead atoms. The highest BCUT2D eigenvalue weighted by Gasteiger charge is 2.40. The number of benzene rings is 2. The molecule has 2 atom stereocenters. The van der Waals surface area contributed by atoms with Crippen LogP contribution in [-0.2, 0) is 4.79 Å². The van der Waals surface area contributed by atoms with E-state index < -0.39 is 0 Å². The predicted molar refractivity (Wildman–Crippen MR) is 129 cm³/mol. The molecule has 2 aromatic rings. The fourth-order valence-corrected chi connectivity index (χ4v) is 5.32. The Morgan fingerprint density at radius 2 is 1.91 bits per heavy atom. The molecule has 2 aromatic carbocycles. The molecular formula is C24H29ClN2O4S. The van der Waals surface area contributed by atoms with E-state index in [1.165, 1.54) is 0 Å². The minimum absolute atomic E-state index is 0.0405. The van der Waals surface area contributed by atoms with Gasteiger partial charge in [-0.25, -0.2) is 0 Å². The Kier molecular flexibility index (Phi) is 7.96. The second-order valence-corrected chi connectivity index (χ2v) is 9.68. The summed E-state index contributed by atoms with van der Waals surface area (Å²) in [6.45, 7) is 6.61. The first-order valence-electron chi connectivity index (χ1n) is 10.5. The van der Waals surface area contributed by atoms with Gasteiger partial charge in [0.05, 0.1) is 30.1 Å². The summed E-state index contributed by atoms with van der Waals surface area (Å²) in [6.07, 6.45) is 0. The van der Waals surface area contributed by atoms with Crippen LogP contribution in [0.4, 0.5) is 0 Å². The maximum atomic E-state index is 13.2. The van der Waals surface area contributed by atoms with Crippen LogP contribution >= 0.6 is 23.4 Å². The van der Waals surface area contributed by atoms with Crippen molar-refractivity contribution in [2.24, 2.45) is 0 Å². The Labute approximate surface area is 198 Å². The van der Waals surface area contributed by atoms with E-state index in [-0.39, 0.29) is 28.5 Å². The molecule has 3 rings (SSSR count). The summed E-state index contributed by atoms with van der Waals surface area (Å²) in [5, 5.41) is -0.00164. The minimum Gasteiger partial charge on any atom is -0.497 e. The lowest BCUT2D eigenvalue weighted by Gasteiger charge is -2.31. The van der Waals surface area contributed by atoms with Crippen molar-refractivity contribution in [2.45, 2.75) is 37.4 Å². The molecule has 32 heavy (non-hydrogen) atoms. The monoisotopic (exact) mass is 476 g/mol. The second-order valence-electron chi connectivity index (χ2n) is 7.84. The van der Waals surface area contributed by atoms with E-state index in [1.807, 2.05) is 43.9 Å². The fourth-order valence-electron chi connectivity index (χ4n) is 3.77. The van der Waals surface area contributed by atoms with Crippen molar-refractivity contribution >= 4 is 35.2 Å². The van der Waals surface area contributed by atoms with Gasteiger partial charge in [-0.1, -0.05) is 23.7 Å². The Bertz CT molecular complexity index is 984. The number of hydrogen-bond acceptors (Lipinski definition) is 5. The first-order valence-corrected chi connectivity index (χ1v) is 11.8. The van der Waals surface area contributed by atoms with Gasteiger partial charge in [0, 0.05) is 24.7 Å².